The molecule has 2 aromatic carbocycles. The van der Waals surface area contributed by atoms with Gasteiger partial charge in [0.15, 0.2) is 0 Å². The van der Waals surface area contributed by atoms with Gasteiger partial charge < -0.3 is 0 Å². The predicted molar refractivity (Wildman–Crippen MR) is 82.2 cm³/mol. The Morgan fingerprint density at radius 2 is 1.86 bits per heavy atom. The standard InChI is InChI=1S/C14H10ClN3O3S/c15-10-4-6-11(7-5-10)22(20,21)18-14(19)12-3-1-2-9-8-16-17-13(9)12/h1-8H,(H,16,17)(H,18,19). The molecular formula is C14H10ClN3O3S. The number of aromatic amines is 1. The highest BCUT2D eigenvalue weighted by atomic mass is 35.5. The number of sulfonamides is 1. The van der Waals surface area contributed by atoms with Gasteiger partial charge in [-0.15, -0.1) is 0 Å². The summed E-state index contributed by atoms with van der Waals surface area (Å²) < 4.78 is 26.4. The van der Waals surface area contributed by atoms with Crippen LogP contribution in [-0.4, -0.2) is 24.5 Å². The maximum Gasteiger partial charge on any atom is 0.267 e. The van der Waals surface area contributed by atoms with Gasteiger partial charge in [-0.25, -0.2) is 13.1 Å². The molecule has 0 saturated carbocycles. The fourth-order valence-electron chi connectivity index (χ4n) is 2.01. The van der Waals surface area contributed by atoms with Crippen LogP contribution in [0.25, 0.3) is 10.9 Å². The van der Waals surface area contributed by atoms with E-state index in [0.717, 1.165) is 5.39 Å². The lowest BCUT2D eigenvalue weighted by Gasteiger charge is -2.07. The van der Waals surface area contributed by atoms with Crippen LogP contribution in [0, 0.1) is 0 Å². The second-order valence-electron chi connectivity index (χ2n) is 4.53. The number of hydrogen-bond donors (Lipinski definition) is 2. The number of fused-ring (bicyclic) bond motifs is 1. The number of aromatic nitrogens is 2. The van der Waals surface area contributed by atoms with Gasteiger partial charge in [-0.2, -0.15) is 5.10 Å². The van der Waals surface area contributed by atoms with Crippen molar-refractivity contribution in [3.8, 4) is 0 Å². The Morgan fingerprint density at radius 3 is 2.59 bits per heavy atom. The SMILES string of the molecule is O=C(NS(=O)(=O)c1ccc(Cl)cc1)c1cccc2cn[nH]c12. The lowest BCUT2D eigenvalue weighted by Crippen LogP contribution is -2.30. The van der Waals surface area contributed by atoms with Gasteiger partial charge >= 0.3 is 0 Å². The third-order valence-electron chi connectivity index (χ3n) is 3.07. The zero-order valence-electron chi connectivity index (χ0n) is 11.1. The third-order valence-corrected chi connectivity index (χ3v) is 4.67. The maximum atomic E-state index is 12.2. The van der Waals surface area contributed by atoms with E-state index in [1.54, 1.807) is 18.3 Å². The zero-order chi connectivity index (χ0) is 15.7. The summed E-state index contributed by atoms with van der Waals surface area (Å²) in [5.41, 5.74) is 0.679. The number of nitrogens with one attached hydrogen (secondary N) is 2. The average molecular weight is 336 g/mol. The minimum absolute atomic E-state index is 0.0398. The number of carbonyl (C=O) groups excluding carboxylic acids is 1. The second kappa shape index (κ2) is 5.43. The summed E-state index contributed by atoms with van der Waals surface area (Å²) >= 11 is 5.72. The minimum atomic E-state index is -3.97. The van der Waals surface area contributed by atoms with Crippen LogP contribution in [0.5, 0.6) is 0 Å². The summed E-state index contributed by atoms with van der Waals surface area (Å²) in [6.07, 6.45) is 1.56. The summed E-state index contributed by atoms with van der Waals surface area (Å²) in [5.74, 6) is -0.732. The van der Waals surface area contributed by atoms with E-state index >= 15 is 0 Å². The largest absolute Gasteiger partial charge is 0.277 e. The molecule has 0 aliphatic heterocycles. The number of carbonyl (C=O) groups is 1. The Labute approximate surface area is 131 Å². The molecule has 3 aromatic rings. The molecule has 8 heteroatoms. The smallest absolute Gasteiger partial charge is 0.267 e. The van der Waals surface area contributed by atoms with Gasteiger partial charge in [-0.3, -0.25) is 9.89 Å². The van der Waals surface area contributed by atoms with E-state index in [1.807, 2.05) is 4.72 Å². The topological polar surface area (TPSA) is 91.9 Å². The van der Waals surface area contributed by atoms with E-state index in [9.17, 15) is 13.2 Å². The van der Waals surface area contributed by atoms with Crippen molar-refractivity contribution in [3.05, 3.63) is 59.2 Å². The minimum Gasteiger partial charge on any atom is -0.277 e. The summed E-state index contributed by atoms with van der Waals surface area (Å²) in [5, 5.41) is 7.65. The Morgan fingerprint density at radius 1 is 1.14 bits per heavy atom. The van der Waals surface area contributed by atoms with Gasteiger partial charge in [0, 0.05) is 10.4 Å². The van der Waals surface area contributed by atoms with Gasteiger partial charge in [0.05, 0.1) is 22.2 Å². The highest BCUT2D eigenvalue weighted by Crippen LogP contribution is 2.17. The third kappa shape index (κ3) is 2.68. The predicted octanol–water partition coefficient (Wildman–Crippen LogP) is 2.33. The van der Waals surface area contributed by atoms with E-state index in [-0.39, 0.29) is 10.5 Å². The highest BCUT2D eigenvalue weighted by molar-refractivity contribution is 7.90. The van der Waals surface area contributed by atoms with Gasteiger partial charge in [0.25, 0.3) is 15.9 Å². The van der Waals surface area contributed by atoms with Crippen molar-refractivity contribution in [3.63, 3.8) is 0 Å². The van der Waals surface area contributed by atoms with Crippen LogP contribution in [0.15, 0.2) is 53.6 Å². The highest BCUT2D eigenvalue weighted by Gasteiger charge is 2.20. The van der Waals surface area contributed by atoms with E-state index in [1.165, 1.54) is 30.3 Å². The van der Waals surface area contributed by atoms with Crippen molar-refractivity contribution in [2.24, 2.45) is 0 Å². The number of H-pyrrole nitrogens is 1. The Bertz CT molecular complexity index is 949. The van der Waals surface area contributed by atoms with Crippen molar-refractivity contribution in [2.75, 3.05) is 0 Å². The van der Waals surface area contributed by atoms with Crippen molar-refractivity contribution < 1.29 is 13.2 Å². The fourth-order valence-corrected chi connectivity index (χ4v) is 3.10. The van der Waals surface area contributed by atoms with Gasteiger partial charge in [-0.1, -0.05) is 23.7 Å². The molecule has 0 unspecified atom stereocenters. The van der Waals surface area contributed by atoms with Crippen LogP contribution in [0.3, 0.4) is 0 Å². The number of amides is 1. The first-order chi connectivity index (χ1) is 10.5. The van der Waals surface area contributed by atoms with E-state index < -0.39 is 15.9 Å². The van der Waals surface area contributed by atoms with Crippen LogP contribution in [-0.2, 0) is 10.0 Å². The summed E-state index contributed by atoms with van der Waals surface area (Å²) in [6, 6.07) is 10.5. The molecular weight excluding hydrogens is 326 g/mol. The number of rotatable bonds is 3. The van der Waals surface area contributed by atoms with Crippen LogP contribution >= 0.6 is 11.6 Å². The Kier molecular flexibility index (Phi) is 3.59. The van der Waals surface area contributed by atoms with Gasteiger partial charge in [-0.05, 0) is 30.3 Å². The normalized spacial score (nSPS) is 11.5. The molecule has 0 aliphatic rings. The van der Waals surface area contributed by atoms with Crippen molar-refractivity contribution in [1.29, 1.82) is 0 Å². The quantitative estimate of drug-likeness (QED) is 0.768. The number of benzene rings is 2. The van der Waals surface area contributed by atoms with E-state index in [0.29, 0.717) is 10.5 Å². The number of nitrogens with zero attached hydrogens (tertiary/aromatic N) is 1. The van der Waals surface area contributed by atoms with Crippen LogP contribution in [0.1, 0.15) is 10.4 Å². The Hall–Kier alpha value is -2.38. The van der Waals surface area contributed by atoms with Gasteiger partial charge in [0.1, 0.15) is 0 Å². The maximum absolute atomic E-state index is 12.2. The fraction of sp³-hybridized carbons (Fsp3) is 0. The number of para-hydroxylation sites is 1. The van der Waals surface area contributed by atoms with Gasteiger partial charge in [0.2, 0.25) is 0 Å². The van der Waals surface area contributed by atoms with Crippen molar-refractivity contribution in [1.82, 2.24) is 14.9 Å². The lowest BCUT2D eigenvalue weighted by atomic mass is 10.1. The van der Waals surface area contributed by atoms with Crippen LogP contribution in [0.2, 0.25) is 5.02 Å². The molecule has 22 heavy (non-hydrogen) atoms. The summed E-state index contributed by atoms with van der Waals surface area (Å²) in [7, 11) is -3.97. The molecule has 0 bridgehead atoms. The second-order valence-corrected chi connectivity index (χ2v) is 6.65. The molecule has 1 amide bonds. The van der Waals surface area contributed by atoms with Crippen molar-refractivity contribution >= 4 is 38.4 Å². The summed E-state index contributed by atoms with van der Waals surface area (Å²) in [4.78, 5) is 12.2. The molecule has 0 atom stereocenters. The molecule has 6 nitrogen and oxygen atoms in total. The first kappa shape index (κ1) is 14.6. The first-order valence-electron chi connectivity index (χ1n) is 6.22. The molecule has 2 N–H and O–H groups in total. The molecule has 3 rings (SSSR count). The van der Waals surface area contributed by atoms with Crippen molar-refractivity contribution in [2.45, 2.75) is 4.90 Å². The Balaban J connectivity index is 1.93. The average Bonchev–Trinajstić information content (AvgIpc) is 2.95. The molecule has 1 heterocycles. The molecule has 0 saturated heterocycles. The number of hydrogen-bond acceptors (Lipinski definition) is 4. The molecule has 0 radical (unpaired) electrons. The zero-order valence-corrected chi connectivity index (χ0v) is 12.6. The molecule has 0 spiro atoms. The first-order valence-corrected chi connectivity index (χ1v) is 8.08. The molecule has 112 valence electrons. The van der Waals surface area contributed by atoms with E-state index in [2.05, 4.69) is 10.2 Å². The monoisotopic (exact) mass is 335 g/mol. The molecule has 1 aromatic heterocycles. The summed E-state index contributed by atoms with van der Waals surface area (Å²) in [6.45, 7) is 0. The lowest BCUT2D eigenvalue weighted by molar-refractivity contribution is 0.0983. The number of halogens is 1. The van der Waals surface area contributed by atoms with Crippen LogP contribution < -0.4 is 4.72 Å². The van der Waals surface area contributed by atoms with Crippen LogP contribution in [0.4, 0.5) is 0 Å². The molecule has 0 fully saturated rings. The van der Waals surface area contributed by atoms with E-state index in [4.69, 9.17) is 11.6 Å². The molecule has 0 aliphatic carbocycles.